The molecule has 5 heteroatoms. The summed E-state index contributed by atoms with van der Waals surface area (Å²) in [5.41, 5.74) is 6.35. The Morgan fingerprint density at radius 1 is 1.53 bits per heavy atom. The third-order valence-corrected chi connectivity index (χ3v) is 3.64. The number of thiazole rings is 1. The van der Waals surface area contributed by atoms with E-state index in [9.17, 15) is 9.90 Å². The van der Waals surface area contributed by atoms with Crippen molar-refractivity contribution in [1.29, 1.82) is 0 Å². The molecule has 96 valence electrons. The summed E-state index contributed by atoms with van der Waals surface area (Å²) in [6, 6.07) is -0.154. The van der Waals surface area contributed by atoms with E-state index in [4.69, 9.17) is 5.73 Å². The molecule has 0 saturated heterocycles. The Kier molecular flexibility index (Phi) is 4.27. The zero-order valence-electron chi connectivity index (χ0n) is 10.8. The summed E-state index contributed by atoms with van der Waals surface area (Å²) in [6.45, 7) is 7.94. The van der Waals surface area contributed by atoms with Crippen LogP contribution in [0.25, 0.3) is 0 Å². The molecule has 3 N–H and O–H groups in total. The van der Waals surface area contributed by atoms with Crippen LogP contribution >= 0.6 is 11.3 Å². The van der Waals surface area contributed by atoms with Crippen LogP contribution in [0, 0.1) is 0 Å². The SMILES string of the molecule is CCCC(N)c1nc(C(C)(C)C)c(C(=O)O)s1. The second kappa shape index (κ2) is 5.14. The van der Waals surface area contributed by atoms with Gasteiger partial charge < -0.3 is 10.8 Å². The number of hydrogen-bond acceptors (Lipinski definition) is 4. The zero-order chi connectivity index (χ0) is 13.2. The first-order valence-electron chi connectivity index (χ1n) is 5.77. The van der Waals surface area contributed by atoms with E-state index in [-0.39, 0.29) is 11.5 Å². The number of nitrogens with zero attached hydrogens (tertiary/aromatic N) is 1. The molecular formula is C12H20N2O2S. The summed E-state index contributed by atoms with van der Waals surface area (Å²) in [7, 11) is 0. The predicted molar refractivity (Wildman–Crippen MR) is 69.6 cm³/mol. The fourth-order valence-corrected chi connectivity index (χ4v) is 2.73. The molecule has 1 aromatic rings. The van der Waals surface area contributed by atoms with Gasteiger partial charge in [-0.15, -0.1) is 11.3 Å². The molecule has 0 aliphatic heterocycles. The highest BCUT2D eigenvalue weighted by Gasteiger charge is 2.28. The van der Waals surface area contributed by atoms with Crippen LogP contribution in [0.2, 0.25) is 0 Å². The second-order valence-electron chi connectivity index (χ2n) is 5.18. The van der Waals surface area contributed by atoms with E-state index in [1.165, 1.54) is 11.3 Å². The van der Waals surface area contributed by atoms with Gasteiger partial charge in [-0.1, -0.05) is 34.1 Å². The molecule has 0 bridgehead atoms. The standard InChI is InChI=1S/C12H20N2O2S/c1-5-6-7(13)10-14-9(12(2,3)4)8(17-10)11(15)16/h7H,5-6,13H2,1-4H3,(H,15,16). The third kappa shape index (κ3) is 3.26. The van der Waals surface area contributed by atoms with E-state index in [2.05, 4.69) is 11.9 Å². The van der Waals surface area contributed by atoms with Crippen molar-refractivity contribution in [3.8, 4) is 0 Å². The van der Waals surface area contributed by atoms with E-state index in [0.717, 1.165) is 17.8 Å². The molecule has 1 aromatic heterocycles. The minimum Gasteiger partial charge on any atom is -0.477 e. The number of nitrogens with two attached hydrogens (primary N) is 1. The summed E-state index contributed by atoms with van der Waals surface area (Å²) in [5.74, 6) is -0.914. The van der Waals surface area contributed by atoms with E-state index in [1.54, 1.807) is 0 Å². The molecule has 17 heavy (non-hydrogen) atoms. The molecule has 0 saturated carbocycles. The number of rotatable bonds is 4. The van der Waals surface area contributed by atoms with Gasteiger partial charge in [0.05, 0.1) is 11.7 Å². The number of aromatic nitrogens is 1. The lowest BCUT2D eigenvalue weighted by Gasteiger charge is -2.16. The third-order valence-electron chi connectivity index (χ3n) is 2.47. The monoisotopic (exact) mass is 256 g/mol. The average molecular weight is 256 g/mol. The number of aromatic carboxylic acids is 1. The maximum absolute atomic E-state index is 11.2. The molecule has 1 rings (SSSR count). The highest BCUT2D eigenvalue weighted by Crippen LogP contribution is 2.32. The Hall–Kier alpha value is -0.940. The number of carbonyl (C=O) groups is 1. The van der Waals surface area contributed by atoms with Crippen molar-refractivity contribution < 1.29 is 9.90 Å². The minimum atomic E-state index is -0.914. The highest BCUT2D eigenvalue weighted by molar-refractivity contribution is 7.13. The van der Waals surface area contributed by atoms with Gasteiger partial charge in [-0.25, -0.2) is 9.78 Å². The summed E-state index contributed by atoms with van der Waals surface area (Å²) in [5, 5.41) is 9.91. The van der Waals surface area contributed by atoms with Gasteiger partial charge >= 0.3 is 5.97 Å². The molecule has 0 amide bonds. The fraction of sp³-hybridized carbons (Fsp3) is 0.667. The minimum absolute atomic E-state index is 0.154. The quantitative estimate of drug-likeness (QED) is 0.868. The van der Waals surface area contributed by atoms with E-state index < -0.39 is 5.97 Å². The molecule has 0 radical (unpaired) electrons. The van der Waals surface area contributed by atoms with Crippen LogP contribution in [0.1, 0.15) is 67.0 Å². The Balaban J connectivity index is 3.17. The van der Waals surface area contributed by atoms with Crippen molar-refractivity contribution in [2.24, 2.45) is 5.73 Å². The van der Waals surface area contributed by atoms with Gasteiger partial charge in [0, 0.05) is 5.41 Å². The Morgan fingerprint density at radius 2 is 2.12 bits per heavy atom. The van der Waals surface area contributed by atoms with Crippen molar-refractivity contribution in [2.45, 2.75) is 52.0 Å². The lowest BCUT2D eigenvalue weighted by atomic mass is 9.91. The summed E-state index contributed by atoms with van der Waals surface area (Å²) in [4.78, 5) is 15.9. The number of carboxylic acid groups (broad SMARTS) is 1. The smallest absolute Gasteiger partial charge is 0.347 e. The average Bonchev–Trinajstić information content (AvgIpc) is 2.61. The molecule has 0 aliphatic carbocycles. The second-order valence-corrected chi connectivity index (χ2v) is 6.21. The van der Waals surface area contributed by atoms with Gasteiger partial charge in [0.15, 0.2) is 0 Å². The van der Waals surface area contributed by atoms with Crippen LogP contribution in [0.4, 0.5) is 0 Å². The van der Waals surface area contributed by atoms with Gasteiger partial charge in [-0.2, -0.15) is 0 Å². The van der Waals surface area contributed by atoms with Crippen LogP contribution in [-0.4, -0.2) is 16.1 Å². The van der Waals surface area contributed by atoms with Crippen LogP contribution in [0.5, 0.6) is 0 Å². The summed E-state index contributed by atoms with van der Waals surface area (Å²) in [6.07, 6.45) is 1.80. The molecule has 0 fully saturated rings. The van der Waals surface area contributed by atoms with Crippen LogP contribution in [0.3, 0.4) is 0 Å². The predicted octanol–water partition coefficient (Wildman–Crippen LogP) is 2.94. The van der Waals surface area contributed by atoms with E-state index >= 15 is 0 Å². The first-order valence-corrected chi connectivity index (χ1v) is 6.59. The molecule has 4 nitrogen and oxygen atoms in total. The lowest BCUT2D eigenvalue weighted by molar-refractivity contribution is 0.0699. The molecule has 1 atom stereocenters. The fourth-order valence-electron chi connectivity index (χ4n) is 1.58. The molecule has 1 unspecified atom stereocenters. The van der Waals surface area contributed by atoms with Crippen molar-refractivity contribution in [3.05, 3.63) is 15.6 Å². The highest BCUT2D eigenvalue weighted by atomic mass is 32.1. The lowest BCUT2D eigenvalue weighted by Crippen LogP contribution is -2.17. The van der Waals surface area contributed by atoms with Crippen molar-refractivity contribution in [1.82, 2.24) is 4.98 Å². The zero-order valence-corrected chi connectivity index (χ0v) is 11.6. The van der Waals surface area contributed by atoms with Crippen LogP contribution < -0.4 is 5.73 Å². The van der Waals surface area contributed by atoms with Crippen LogP contribution in [-0.2, 0) is 5.41 Å². The Morgan fingerprint density at radius 3 is 2.47 bits per heavy atom. The molecule has 0 spiro atoms. The van der Waals surface area contributed by atoms with Crippen molar-refractivity contribution in [2.75, 3.05) is 0 Å². The topological polar surface area (TPSA) is 76.2 Å². The summed E-state index contributed by atoms with van der Waals surface area (Å²) >= 11 is 1.21. The van der Waals surface area contributed by atoms with Gasteiger partial charge in [0.1, 0.15) is 9.88 Å². The Labute approximate surface area is 106 Å². The maximum atomic E-state index is 11.2. The molecule has 1 heterocycles. The maximum Gasteiger partial charge on any atom is 0.347 e. The number of carboxylic acids is 1. The van der Waals surface area contributed by atoms with Gasteiger partial charge in [-0.05, 0) is 6.42 Å². The molecule has 0 aromatic carbocycles. The van der Waals surface area contributed by atoms with Gasteiger partial charge in [0.25, 0.3) is 0 Å². The normalized spacial score (nSPS) is 13.7. The van der Waals surface area contributed by atoms with E-state index in [1.807, 2.05) is 20.8 Å². The van der Waals surface area contributed by atoms with Crippen molar-refractivity contribution >= 4 is 17.3 Å². The summed E-state index contributed by atoms with van der Waals surface area (Å²) < 4.78 is 0. The number of hydrogen-bond donors (Lipinski definition) is 2. The van der Waals surface area contributed by atoms with Crippen LogP contribution in [0.15, 0.2) is 0 Å². The molecule has 0 aliphatic rings. The first kappa shape index (κ1) is 14.1. The first-order chi connectivity index (χ1) is 7.77. The van der Waals surface area contributed by atoms with Gasteiger partial charge in [0.2, 0.25) is 0 Å². The van der Waals surface area contributed by atoms with Crippen molar-refractivity contribution in [3.63, 3.8) is 0 Å². The van der Waals surface area contributed by atoms with E-state index in [0.29, 0.717) is 10.6 Å². The van der Waals surface area contributed by atoms with Gasteiger partial charge in [-0.3, -0.25) is 0 Å². The molecular weight excluding hydrogens is 236 g/mol. The Bertz CT molecular complexity index is 407. The largest absolute Gasteiger partial charge is 0.477 e.